The summed E-state index contributed by atoms with van der Waals surface area (Å²) in [4.78, 5) is 0. The topological polar surface area (TPSA) is 29.9 Å². The van der Waals surface area contributed by atoms with Crippen LogP contribution in [0.15, 0.2) is 16.6 Å². The molecule has 1 N–H and O–H groups in total. The Bertz CT molecular complexity index is 653. The molecule has 1 aromatic carbocycles. The second-order valence-corrected chi connectivity index (χ2v) is 6.42. The number of nitrogens with zero attached hydrogens (tertiary/aromatic N) is 2. The standard InChI is InChI=1S/C15H18BrCl2N3/c1-4-12-15(16)14(21(5-2)20-12)8-19-13-7-10(17)9(3)6-11(13)18/h6-7,19H,4-5,8H2,1-3H3. The fraction of sp³-hybridized carbons (Fsp3) is 0.400. The molecule has 0 radical (unpaired) electrons. The Hall–Kier alpha value is -0.710. The van der Waals surface area contributed by atoms with Crippen molar-refractivity contribution in [3.05, 3.63) is 43.6 Å². The van der Waals surface area contributed by atoms with Crippen LogP contribution in [-0.4, -0.2) is 9.78 Å². The van der Waals surface area contributed by atoms with Crippen LogP contribution in [0.5, 0.6) is 0 Å². The molecule has 0 aliphatic rings. The van der Waals surface area contributed by atoms with Crippen LogP contribution in [0, 0.1) is 6.92 Å². The van der Waals surface area contributed by atoms with Crippen molar-refractivity contribution >= 4 is 44.8 Å². The van der Waals surface area contributed by atoms with Crippen LogP contribution < -0.4 is 5.32 Å². The van der Waals surface area contributed by atoms with Crippen LogP contribution in [0.2, 0.25) is 10.0 Å². The zero-order valence-electron chi connectivity index (χ0n) is 12.3. The molecule has 114 valence electrons. The first kappa shape index (κ1) is 16.7. The zero-order chi connectivity index (χ0) is 15.6. The lowest BCUT2D eigenvalue weighted by atomic mass is 10.2. The Morgan fingerprint density at radius 1 is 1.24 bits per heavy atom. The van der Waals surface area contributed by atoms with E-state index in [1.807, 2.05) is 23.7 Å². The lowest BCUT2D eigenvalue weighted by molar-refractivity contribution is 0.619. The first-order chi connectivity index (χ1) is 9.97. The normalized spacial score (nSPS) is 11.0. The number of aryl methyl sites for hydroxylation is 3. The van der Waals surface area contributed by atoms with Crippen molar-refractivity contribution in [3.8, 4) is 0 Å². The fourth-order valence-electron chi connectivity index (χ4n) is 2.15. The molecule has 0 unspecified atom stereocenters. The molecule has 3 nitrogen and oxygen atoms in total. The highest BCUT2D eigenvalue weighted by Gasteiger charge is 2.14. The van der Waals surface area contributed by atoms with Gasteiger partial charge in [-0.15, -0.1) is 0 Å². The largest absolute Gasteiger partial charge is 0.378 e. The Morgan fingerprint density at radius 3 is 2.57 bits per heavy atom. The fourth-order valence-corrected chi connectivity index (χ4v) is 3.30. The summed E-state index contributed by atoms with van der Waals surface area (Å²) in [6, 6.07) is 3.73. The summed E-state index contributed by atoms with van der Waals surface area (Å²) in [5.41, 5.74) is 3.99. The Balaban J connectivity index is 2.24. The van der Waals surface area contributed by atoms with Gasteiger partial charge in [0.05, 0.1) is 33.1 Å². The van der Waals surface area contributed by atoms with Crippen molar-refractivity contribution in [2.24, 2.45) is 0 Å². The molecule has 0 spiro atoms. The third-order valence-electron chi connectivity index (χ3n) is 3.39. The van der Waals surface area contributed by atoms with Gasteiger partial charge in [0.1, 0.15) is 0 Å². The number of hydrogen-bond acceptors (Lipinski definition) is 2. The third-order valence-corrected chi connectivity index (χ3v) is 5.02. The average molecular weight is 391 g/mol. The van der Waals surface area contributed by atoms with E-state index in [9.17, 15) is 0 Å². The molecule has 0 saturated carbocycles. The van der Waals surface area contributed by atoms with Crippen LogP contribution in [0.1, 0.15) is 30.8 Å². The van der Waals surface area contributed by atoms with Gasteiger partial charge in [-0.2, -0.15) is 5.10 Å². The maximum atomic E-state index is 6.26. The molecule has 21 heavy (non-hydrogen) atoms. The minimum atomic E-state index is 0.639. The Kier molecular flexibility index (Phi) is 5.58. The quantitative estimate of drug-likeness (QED) is 0.734. The SMILES string of the molecule is CCc1nn(CC)c(CNc2cc(Cl)c(C)cc2Cl)c1Br. The number of hydrogen-bond donors (Lipinski definition) is 1. The molecule has 2 rings (SSSR count). The van der Waals surface area contributed by atoms with Gasteiger partial charge in [0, 0.05) is 11.6 Å². The van der Waals surface area contributed by atoms with E-state index in [-0.39, 0.29) is 0 Å². The lowest BCUT2D eigenvalue weighted by Gasteiger charge is -2.12. The molecule has 0 fully saturated rings. The number of aromatic nitrogens is 2. The van der Waals surface area contributed by atoms with Crippen LogP contribution in [0.4, 0.5) is 5.69 Å². The van der Waals surface area contributed by atoms with Gasteiger partial charge in [0.25, 0.3) is 0 Å². The first-order valence-electron chi connectivity index (χ1n) is 6.91. The Labute approximate surface area is 143 Å². The maximum absolute atomic E-state index is 6.26. The number of nitrogens with one attached hydrogen (secondary N) is 1. The minimum Gasteiger partial charge on any atom is -0.378 e. The molecular weight excluding hydrogens is 373 g/mol. The van der Waals surface area contributed by atoms with E-state index in [4.69, 9.17) is 23.2 Å². The van der Waals surface area contributed by atoms with E-state index >= 15 is 0 Å². The lowest BCUT2D eigenvalue weighted by Crippen LogP contribution is -2.08. The van der Waals surface area contributed by atoms with Crippen molar-refractivity contribution in [1.82, 2.24) is 9.78 Å². The van der Waals surface area contributed by atoms with Crippen molar-refractivity contribution in [1.29, 1.82) is 0 Å². The third kappa shape index (κ3) is 3.55. The van der Waals surface area contributed by atoms with E-state index < -0.39 is 0 Å². The highest BCUT2D eigenvalue weighted by molar-refractivity contribution is 9.10. The summed E-state index contributed by atoms with van der Waals surface area (Å²) < 4.78 is 3.06. The predicted octanol–water partition coefficient (Wildman–Crippen LogP) is 5.46. The molecule has 0 atom stereocenters. The summed E-state index contributed by atoms with van der Waals surface area (Å²) in [5, 5.41) is 9.31. The molecule has 0 aliphatic carbocycles. The summed E-state index contributed by atoms with van der Waals surface area (Å²) in [6.07, 6.45) is 0.900. The summed E-state index contributed by atoms with van der Waals surface area (Å²) in [7, 11) is 0. The van der Waals surface area contributed by atoms with Crippen LogP contribution >= 0.6 is 39.1 Å². The van der Waals surface area contributed by atoms with Crippen molar-refractivity contribution in [3.63, 3.8) is 0 Å². The number of anilines is 1. The molecular formula is C15H18BrCl2N3. The second kappa shape index (κ2) is 7.03. The highest BCUT2D eigenvalue weighted by Crippen LogP contribution is 2.30. The van der Waals surface area contributed by atoms with Gasteiger partial charge in [-0.1, -0.05) is 30.1 Å². The smallest absolute Gasteiger partial charge is 0.0767 e. The number of benzene rings is 1. The molecule has 0 saturated heterocycles. The summed E-state index contributed by atoms with van der Waals surface area (Å²) >= 11 is 16.1. The van der Waals surface area contributed by atoms with E-state index in [1.165, 1.54) is 0 Å². The van der Waals surface area contributed by atoms with Gasteiger partial charge < -0.3 is 5.32 Å². The molecule has 1 aromatic heterocycles. The van der Waals surface area contributed by atoms with Gasteiger partial charge in [-0.05, 0) is 53.9 Å². The van der Waals surface area contributed by atoms with E-state index in [0.29, 0.717) is 16.6 Å². The number of rotatable bonds is 5. The first-order valence-corrected chi connectivity index (χ1v) is 8.46. The summed E-state index contributed by atoms with van der Waals surface area (Å²) in [5.74, 6) is 0. The van der Waals surface area contributed by atoms with E-state index in [0.717, 1.165) is 40.1 Å². The zero-order valence-corrected chi connectivity index (χ0v) is 15.4. The molecule has 0 aliphatic heterocycles. The van der Waals surface area contributed by atoms with Gasteiger partial charge in [0.2, 0.25) is 0 Å². The molecule has 0 bridgehead atoms. The van der Waals surface area contributed by atoms with Gasteiger partial charge in [0.15, 0.2) is 0 Å². The minimum absolute atomic E-state index is 0.639. The second-order valence-electron chi connectivity index (χ2n) is 4.81. The van der Waals surface area contributed by atoms with Gasteiger partial charge in [-0.25, -0.2) is 0 Å². The van der Waals surface area contributed by atoms with Crippen LogP contribution in [0.3, 0.4) is 0 Å². The van der Waals surface area contributed by atoms with E-state index in [2.05, 4.69) is 40.2 Å². The predicted molar refractivity (Wildman–Crippen MR) is 93.5 cm³/mol. The van der Waals surface area contributed by atoms with Gasteiger partial charge in [-0.3, -0.25) is 4.68 Å². The molecule has 2 aromatic rings. The van der Waals surface area contributed by atoms with Crippen molar-refractivity contribution in [2.45, 2.75) is 40.3 Å². The van der Waals surface area contributed by atoms with Gasteiger partial charge >= 0.3 is 0 Å². The van der Waals surface area contributed by atoms with Crippen LogP contribution in [0.25, 0.3) is 0 Å². The molecule has 0 amide bonds. The highest BCUT2D eigenvalue weighted by atomic mass is 79.9. The Morgan fingerprint density at radius 2 is 1.95 bits per heavy atom. The van der Waals surface area contributed by atoms with Crippen molar-refractivity contribution < 1.29 is 0 Å². The van der Waals surface area contributed by atoms with Crippen LogP contribution in [-0.2, 0) is 19.5 Å². The monoisotopic (exact) mass is 389 g/mol. The molecule has 6 heteroatoms. The average Bonchev–Trinajstić information content (AvgIpc) is 2.77. The van der Waals surface area contributed by atoms with E-state index in [1.54, 1.807) is 0 Å². The van der Waals surface area contributed by atoms with Crippen molar-refractivity contribution in [2.75, 3.05) is 5.32 Å². The number of halogens is 3. The molecule has 1 heterocycles. The maximum Gasteiger partial charge on any atom is 0.0767 e. The summed E-state index contributed by atoms with van der Waals surface area (Å²) in [6.45, 7) is 7.59.